The molecule has 0 fully saturated rings. The lowest BCUT2D eigenvalue weighted by molar-refractivity contribution is 0.0923. The van der Waals surface area contributed by atoms with Crippen LogP contribution in [0.5, 0.6) is 0 Å². The third-order valence-corrected chi connectivity index (χ3v) is 4.57. The quantitative estimate of drug-likeness (QED) is 0.447. The van der Waals surface area contributed by atoms with E-state index in [1.807, 2.05) is 30.3 Å². The highest BCUT2D eigenvalue weighted by molar-refractivity contribution is 6.30. The van der Waals surface area contributed by atoms with Gasteiger partial charge in [0.15, 0.2) is 11.6 Å². The molecule has 2 aliphatic rings. The van der Waals surface area contributed by atoms with Crippen LogP contribution in [0.25, 0.3) is 33.0 Å². The average Bonchev–Trinajstić information content (AvgIpc) is 2.98. The number of fused-ring (bicyclic) bond motifs is 5. The van der Waals surface area contributed by atoms with E-state index in [0.29, 0.717) is 11.1 Å². The fourth-order valence-corrected chi connectivity index (χ4v) is 3.73. The number of rotatable bonds is 0. The molecule has 98 valence electrons. The van der Waals surface area contributed by atoms with Crippen molar-refractivity contribution in [2.45, 2.75) is 6.42 Å². The Balaban J connectivity index is 2.02. The van der Waals surface area contributed by atoms with Crippen molar-refractivity contribution in [1.82, 2.24) is 0 Å². The van der Waals surface area contributed by atoms with Gasteiger partial charge in [-0.2, -0.15) is 0 Å². The lowest BCUT2D eigenvalue weighted by Crippen LogP contribution is -1.95. The molecule has 0 heterocycles. The molecule has 3 aromatic carbocycles. The largest absolute Gasteiger partial charge is 0.294 e. The Morgan fingerprint density at radius 3 is 2.14 bits per heavy atom. The van der Waals surface area contributed by atoms with Crippen LogP contribution in [0.2, 0.25) is 0 Å². The van der Waals surface area contributed by atoms with E-state index in [-0.39, 0.29) is 18.0 Å². The Kier molecular flexibility index (Phi) is 1.81. The highest BCUT2D eigenvalue weighted by Crippen LogP contribution is 2.50. The van der Waals surface area contributed by atoms with Gasteiger partial charge in [-0.25, -0.2) is 0 Å². The molecule has 2 nitrogen and oxygen atoms in total. The molecule has 0 bridgehead atoms. The molecule has 21 heavy (non-hydrogen) atoms. The SMILES string of the molecule is O=C1CC(=O)c2c1ccc1c2-c2cccc3cccc-1c23. The van der Waals surface area contributed by atoms with E-state index >= 15 is 0 Å². The second kappa shape index (κ2) is 3.47. The number of hydrogen-bond donors (Lipinski definition) is 0. The monoisotopic (exact) mass is 270 g/mol. The van der Waals surface area contributed by atoms with Gasteiger partial charge in [0.1, 0.15) is 0 Å². The van der Waals surface area contributed by atoms with Crippen LogP contribution in [0.4, 0.5) is 0 Å². The van der Waals surface area contributed by atoms with Gasteiger partial charge in [-0.1, -0.05) is 48.5 Å². The maximum absolute atomic E-state index is 12.3. The molecule has 0 spiro atoms. The van der Waals surface area contributed by atoms with Crippen molar-refractivity contribution < 1.29 is 9.59 Å². The molecule has 0 unspecified atom stereocenters. The van der Waals surface area contributed by atoms with Crippen molar-refractivity contribution in [3.05, 3.63) is 59.7 Å². The topological polar surface area (TPSA) is 34.1 Å². The molecule has 2 heteroatoms. The number of ketones is 2. The molecule has 0 amide bonds. The zero-order chi connectivity index (χ0) is 14.1. The standard InChI is InChI=1S/C19H10O2/c20-15-9-16(21)19-13(15)8-7-12-11-5-1-3-10-4-2-6-14(17(10)11)18(12)19/h1-8H,9H2. The number of carbonyl (C=O) groups is 2. The molecule has 0 aliphatic heterocycles. The van der Waals surface area contributed by atoms with Crippen LogP contribution in [-0.2, 0) is 0 Å². The molecule has 0 atom stereocenters. The van der Waals surface area contributed by atoms with Crippen LogP contribution in [-0.4, -0.2) is 11.6 Å². The minimum absolute atomic E-state index is 0.0120. The summed E-state index contributed by atoms with van der Waals surface area (Å²) in [7, 11) is 0. The van der Waals surface area contributed by atoms with E-state index in [4.69, 9.17) is 0 Å². The number of benzene rings is 3. The van der Waals surface area contributed by atoms with Gasteiger partial charge in [0.25, 0.3) is 0 Å². The molecule has 0 N–H and O–H groups in total. The summed E-state index contributed by atoms with van der Waals surface area (Å²) in [5.74, 6) is -0.0995. The van der Waals surface area contributed by atoms with Crippen molar-refractivity contribution in [1.29, 1.82) is 0 Å². The fraction of sp³-hybridized carbons (Fsp3) is 0.0526. The van der Waals surface area contributed by atoms with Gasteiger partial charge in [-0.3, -0.25) is 9.59 Å². The van der Waals surface area contributed by atoms with Crippen LogP contribution in [0.15, 0.2) is 48.5 Å². The number of Topliss-reactive ketones (excluding diaryl/α,β-unsaturated/α-hetero) is 2. The third-order valence-electron chi connectivity index (χ3n) is 4.57. The lowest BCUT2D eigenvalue weighted by Gasteiger charge is -2.07. The first kappa shape index (κ1) is 11.0. The van der Waals surface area contributed by atoms with Gasteiger partial charge in [0, 0.05) is 16.7 Å². The molecular weight excluding hydrogens is 260 g/mol. The Hall–Kier alpha value is -2.74. The van der Waals surface area contributed by atoms with Gasteiger partial charge in [-0.05, 0) is 27.5 Å². The third kappa shape index (κ3) is 1.18. The van der Waals surface area contributed by atoms with Gasteiger partial charge in [0.05, 0.1) is 6.42 Å². The van der Waals surface area contributed by atoms with Crippen molar-refractivity contribution >= 4 is 22.3 Å². The van der Waals surface area contributed by atoms with E-state index in [1.54, 1.807) is 0 Å². The van der Waals surface area contributed by atoms with Gasteiger partial charge < -0.3 is 0 Å². The predicted octanol–water partition coefficient (Wildman–Crippen LogP) is 4.26. The first-order valence-electron chi connectivity index (χ1n) is 7.01. The van der Waals surface area contributed by atoms with E-state index in [9.17, 15) is 9.59 Å². The molecular formula is C19H10O2. The van der Waals surface area contributed by atoms with E-state index in [0.717, 1.165) is 22.3 Å². The van der Waals surface area contributed by atoms with Gasteiger partial charge in [-0.15, -0.1) is 0 Å². The summed E-state index contributed by atoms with van der Waals surface area (Å²) in [5, 5.41) is 2.36. The van der Waals surface area contributed by atoms with Crippen molar-refractivity contribution in [2.24, 2.45) is 0 Å². The first-order valence-corrected chi connectivity index (χ1v) is 7.01. The average molecular weight is 270 g/mol. The maximum atomic E-state index is 12.3. The summed E-state index contributed by atoms with van der Waals surface area (Å²) in [6.07, 6.45) is 0.0120. The molecule has 0 aromatic heterocycles. The van der Waals surface area contributed by atoms with Crippen molar-refractivity contribution in [2.75, 3.05) is 0 Å². The Morgan fingerprint density at radius 2 is 1.33 bits per heavy atom. The van der Waals surface area contributed by atoms with Crippen LogP contribution < -0.4 is 0 Å². The molecule has 3 aromatic rings. The second-order valence-electron chi connectivity index (χ2n) is 5.64. The summed E-state index contributed by atoms with van der Waals surface area (Å²) >= 11 is 0. The fourth-order valence-electron chi connectivity index (χ4n) is 3.73. The minimum atomic E-state index is -0.0547. The second-order valence-corrected chi connectivity index (χ2v) is 5.64. The van der Waals surface area contributed by atoms with Gasteiger partial charge >= 0.3 is 0 Å². The first-order chi connectivity index (χ1) is 10.3. The Labute approximate surface area is 121 Å². The lowest BCUT2D eigenvalue weighted by atomic mass is 9.95. The summed E-state index contributed by atoms with van der Waals surface area (Å²) in [5.41, 5.74) is 5.48. The van der Waals surface area contributed by atoms with E-state index in [2.05, 4.69) is 18.2 Å². The van der Waals surface area contributed by atoms with E-state index in [1.165, 1.54) is 10.8 Å². The normalized spacial score (nSPS) is 14.7. The summed E-state index contributed by atoms with van der Waals surface area (Å²) in [6, 6.07) is 16.2. The van der Waals surface area contributed by atoms with Crippen LogP contribution in [0.1, 0.15) is 27.1 Å². The zero-order valence-corrected chi connectivity index (χ0v) is 11.1. The predicted molar refractivity (Wildman–Crippen MR) is 81.7 cm³/mol. The van der Waals surface area contributed by atoms with Crippen LogP contribution in [0, 0.1) is 0 Å². The molecule has 0 saturated heterocycles. The van der Waals surface area contributed by atoms with Gasteiger partial charge in [0.2, 0.25) is 0 Å². The van der Waals surface area contributed by atoms with Crippen molar-refractivity contribution in [3.63, 3.8) is 0 Å². The minimum Gasteiger partial charge on any atom is -0.294 e. The zero-order valence-electron chi connectivity index (χ0n) is 11.1. The number of carbonyl (C=O) groups excluding carboxylic acids is 2. The Morgan fingerprint density at radius 1 is 0.619 bits per heavy atom. The molecule has 2 aliphatic carbocycles. The summed E-state index contributed by atoms with van der Waals surface area (Å²) < 4.78 is 0. The molecule has 5 rings (SSSR count). The van der Waals surface area contributed by atoms with Crippen molar-refractivity contribution in [3.8, 4) is 22.3 Å². The van der Waals surface area contributed by atoms with Crippen LogP contribution >= 0.6 is 0 Å². The smallest absolute Gasteiger partial charge is 0.171 e. The Bertz CT molecular complexity index is 991. The number of hydrogen-bond acceptors (Lipinski definition) is 2. The summed E-state index contributed by atoms with van der Waals surface area (Å²) in [6.45, 7) is 0. The van der Waals surface area contributed by atoms with Crippen LogP contribution in [0.3, 0.4) is 0 Å². The maximum Gasteiger partial charge on any atom is 0.171 e. The van der Waals surface area contributed by atoms with E-state index < -0.39 is 0 Å². The summed E-state index contributed by atoms with van der Waals surface area (Å²) in [4.78, 5) is 24.3. The molecule has 0 saturated carbocycles. The molecule has 0 radical (unpaired) electrons. The highest BCUT2D eigenvalue weighted by atomic mass is 16.2. The highest BCUT2D eigenvalue weighted by Gasteiger charge is 2.34.